The number of nitrogens with zero attached hydrogens (tertiary/aromatic N) is 2. The van der Waals surface area contributed by atoms with Gasteiger partial charge in [0, 0.05) is 13.6 Å². The molecule has 0 atom stereocenters. The van der Waals surface area contributed by atoms with Crippen LogP contribution in [0.2, 0.25) is 0 Å². The quantitative estimate of drug-likeness (QED) is 0.841. The standard InChI is InChI=1S/C9H14F3N3O3S/c1-6-8(7(5-16)14-13-6)19(17,18)15(2)4-3-9(10,11)12/h16H,3-5H2,1-2H3,(H,13,14). The van der Waals surface area contributed by atoms with Gasteiger partial charge >= 0.3 is 6.18 Å². The van der Waals surface area contributed by atoms with Crippen molar-refractivity contribution in [2.45, 2.75) is 31.0 Å². The molecule has 0 aliphatic carbocycles. The highest BCUT2D eigenvalue weighted by molar-refractivity contribution is 7.89. The Morgan fingerprint density at radius 2 is 2.00 bits per heavy atom. The van der Waals surface area contributed by atoms with Crippen molar-refractivity contribution in [2.24, 2.45) is 0 Å². The van der Waals surface area contributed by atoms with Crippen LogP contribution in [-0.4, -0.2) is 47.8 Å². The number of aromatic nitrogens is 2. The van der Waals surface area contributed by atoms with Crippen LogP contribution in [0.5, 0.6) is 0 Å². The Labute approximate surface area is 108 Å². The number of aliphatic hydroxyl groups excluding tert-OH is 1. The summed E-state index contributed by atoms with van der Waals surface area (Å²) in [6.45, 7) is 0.101. The molecule has 2 N–H and O–H groups in total. The SMILES string of the molecule is Cc1[nH]nc(CO)c1S(=O)(=O)N(C)CCC(F)(F)F. The average molecular weight is 301 g/mol. The third-order valence-corrected chi connectivity index (χ3v) is 4.55. The second kappa shape index (κ2) is 5.47. The number of H-pyrrole nitrogens is 1. The molecule has 0 unspecified atom stereocenters. The molecule has 0 saturated carbocycles. The molecule has 0 aliphatic heterocycles. The molecule has 1 aromatic rings. The summed E-state index contributed by atoms with van der Waals surface area (Å²) < 4.78 is 61.1. The van der Waals surface area contributed by atoms with E-state index >= 15 is 0 Å². The molecule has 0 amide bonds. The van der Waals surface area contributed by atoms with Crippen molar-refractivity contribution >= 4 is 10.0 Å². The van der Waals surface area contributed by atoms with E-state index in [1.807, 2.05) is 0 Å². The first-order valence-electron chi connectivity index (χ1n) is 5.27. The van der Waals surface area contributed by atoms with Crippen LogP contribution in [0, 0.1) is 6.92 Å². The zero-order valence-electron chi connectivity index (χ0n) is 10.3. The zero-order chi connectivity index (χ0) is 14.8. The van der Waals surface area contributed by atoms with Gasteiger partial charge < -0.3 is 5.11 Å². The van der Waals surface area contributed by atoms with E-state index in [0.29, 0.717) is 4.31 Å². The Balaban J connectivity index is 3.00. The lowest BCUT2D eigenvalue weighted by atomic mass is 10.4. The number of nitrogens with one attached hydrogen (secondary N) is 1. The first-order chi connectivity index (χ1) is 8.59. The topological polar surface area (TPSA) is 86.3 Å². The van der Waals surface area contributed by atoms with Gasteiger partial charge in [0.1, 0.15) is 10.6 Å². The first-order valence-corrected chi connectivity index (χ1v) is 6.71. The van der Waals surface area contributed by atoms with Crippen molar-refractivity contribution in [3.63, 3.8) is 0 Å². The Hall–Kier alpha value is -1.13. The van der Waals surface area contributed by atoms with Gasteiger partial charge in [-0.2, -0.15) is 18.3 Å². The number of hydrogen-bond donors (Lipinski definition) is 2. The van der Waals surface area contributed by atoms with Crippen LogP contribution in [0.4, 0.5) is 13.2 Å². The van der Waals surface area contributed by atoms with Crippen LogP contribution < -0.4 is 0 Å². The number of aliphatic hydroxyl groups is 1. The Morgan fingerprint density at radius 3 is 2.47 bits per heavy atom. The Morgan fingerprint density at radius 1 is 1.42 bits per heavy atom. The summed E-state index contributed by atoms with van der Waals surface area (Å²) in [7, 11) is -3.06. The van der Waals surface area contributed by atoms with E-state index in [9.17, 15) is 21.6 Å². The van der Waals surface area contributed by atoms with E-state index in [2.05, 4.69) is 10.2 Å². The monoisotopic (exact) mass is 301 g/mol. The summed E-state index contributed by atoms with van der Waals surface area (Å²) in [5.41, 5.74) is 0.0549. The minimum absolute atomic E-state index is 0.114. The van der Waals surface area contributed by atoms with Gasteiger partial charge in [-0.25, -0.2) is 12.7 Å². The largest absolute Gasteiger partial charge is 0.390 e. The van der Waals surface area contributed by atoms with Gasteiger partial charge in [-0.3, -0.25) is 5.10 Å². The van der Waals surface area contributed by atoms with Gasteiger partial charge in [-0.1, -0.05) is 0 Å². The van der Waals surface area contributed by atoms with Crippen molar-refractivity contribution < 1.29 is 26.7 Å². The summed E-state index contributed by atoms with van der Waals surface area (Å²) in [6.07, 6.45) is -5.68. The first kappa shape index (κ1) is 15.9. The molecule has 1 aromatic heterocycles. The molecule has 6 nitrogen and oxygen atoms in total. The van der Waals surface area contributed by atoms with Crippen LogP contribution in [0.25, 0.3) is 0 Å². The van der Waals surface area contributed by atoms with Gasteiger partial charge in [0.05, 0.1) is 18.7 Å². The highest BCUT2D eigenvalue weighted by Crippen LogP contribution is 2.24. The van der Waals surface area contributed by atoms with Crippen LogP contribution in [0.3, 0.4) is 0 Å². The number of alkyl halides is 3. The summed E-state index contributed by atoms with van der Waals surface area (Å²) >= 11 is 0. The average Bonchev–Trinajstić information content (AvgIpc) is 2.66. The summed E-state index contributed by atoms with van der Waals surface area (Å²) in [5.74, 6) is 0. The van der Waals surface area contributed by atoms with Crippen molar-refractivity contribution in [1.82, 2.24) is 14.5 Å². The summed E-state index contributed by atoms with van der Waals surface area (Å²) in [6, 6.07) is 0. The fraction of sp³-hybridized carbons (Fsp3) is 0.667. The van der Waals surface area contributed by atoms with Gasteiger partial charge in [0.2, 0.25) is 10.0 Å². The highest BCUT2D eigenvalue weighted by atomic mass is 32.2. The van der Waals surface area contributed by atoms with Gasteiger partial charge in [-0.05, 0) is 6.92 Å². The zero-order valence-corrected chi connectivity index (χ0v) is 11.1. The van der Waals surface area contributed by atoms with E-state index in [0.717, 1.165) is 7.05 Å². The maximum Gasteiger partial charge on any atom is 0.390 e. The number of hydrogen-bond acceptors (Lipinski definition) is 4. The van der Waals surface area contributed by atoms with Crippen molar-refractivity contribution in [3.05, 3.63) is 11.4 Å². The van der Waals surface area contributed by atoms with Gasteiger partial charge in [0.15, 0.2) is 0 Å². The third-order valence-electron chi connectivity index (χ3n) is 2.49. The van der Waals surface area contributed by atoms with Crippen molar-refractivity contribution in [3.8, 4) is 0 Å². The van der Waals surface area contributed by atoms with Crippen LogP contribution in [0.15, 0.2) is 4.90 Å². The third kappa shape index (κ3) is 3.67. The smallest absolute Gasteiger partial charge is 0.390 e. The van der Waals surface area contributed by atoms with Crippen molar-refractivity contribution in [2.75, 3.05) is 13.6 Å². The molecule has 0 aliphatic rings. The lowest BCUT2D eigenvalue weighted by Gasteiger charge is -2.18. The molecule has 0 fully saturated rings. The molecule has 0 bridgehead atoms. The maximum absolute atomic E-state index is 12.1. The Kier molecular flexibility index (Phi) is 4.59. The van der Waals surface area contributed by atoms with E-state index in [1.165, 1.54) is 6.92 Å². The van der Waals surface area contributed by atoms with Gasteiger partial charge in [-0.15, -0.1) is 0 Å². The van der Waals surface area contributed by atoms with Crippen LogP contribution >= 0.6 is 0 Å². The summed E-state index contributed by atoms with van der Waals surface area (Å²) in [5, 5.41) is 15.0. The molecule has 0 radical (unpaired) electrons. The fourth-order valence-electron chi connectivity index (χ4n) is 1.48. The molecular formula is C9H14F3N3O3S. The van der Waals surface area contributed by atoms with Crippen LogP contribution in [-0.2, 0) is 16.6 Å². The maximum atomic E-state index is 12.1. The van der Waals surface area contributed by atoms with E-state index in [4.69, 9.17) is 5.11 Å². The molecule has 0 saturated heterocycles. The predicted octanol–water partition coefficient (Wildman–Crippen LogP) is 0.783. The lowest BCUT2D eigenvalue weighted by Crippen LogP contribution is -2.31. The number of sulfonamides is 1. The second-order valence-corrected chi connectivity index (χ2v) is 5.96. The van der Waals surface area contributed by atoms with E-state index < -0.39 is 35.8 Å². The van der Waals surface area contributed by atoms with Crippen LogP contribution in [0.1, 0.15) is 17.8 Å². The molecule has 110 valence electrons. The summed E-state index contributed by atoms with van der Waals surface area (Å²) in [4.78, 5) is -0.278. The normalized spacial score (nSPS) is 13.2. The van der Waals surface area contributed by atoms with Crippen molar-refractivity contribution in [1.29, 1.82) is 0 Å². The predicted molar refractivity (Wildman–Crippen MR) is 59.7 cm³/mol. The number of aromatic amines is 1. The molecular weight excluding hydrogens is 287 g/mol. The molecule has 1 rings (SSSR count). The fourth-order valence-corrected chi connectivity index (χ4v) is 2.96. The molecule has 0 aromatic carbocycles. The molecule has 0 spiro atoms. The molecule has 1 heterocycles. The van der Waals surface area contributed by atoms with E-state index in [-0.39, 0.29) is 16.3 Å². The number of halogens is 3. The Bertz CT molecular complexity index is 539. The minimum atomic E-state index is -4.44. The number of aryl methyl sites for hydroxylation is 1. The second-order valence-electron chi connectivity index (χ2n) is 3.97. The minimum Gasteiger partial charge on any atom is -0.390 e. The molecule has 10 heteroatoms. The highest BCUT2D eigenvalue weighted by Gasteiger charge is 2.32. The van der Waals surface area contributed by atoms with E-state index in [1.54, 1.807) is 0 Å². The number of rotatable bonds is 5. The lowest BCUT2D eigenvalue weighted by molar-refractivity contribution is -0.135. The van der Waals surface area contributed by atoms with Gasteiger partial charge in [0.25, 0.3) is 0 Å². The molecule has 19 heavy (non-hydrogen) atoms.